The third-order valence-corrected chi connectivity index (χ3v) is 5.12. The van der Waals surface area contributed by atoms with Crippen molar-refractivity contribution in [1.82, 2.24) is 10.2 Å². The Morgan fingerprint density at radius 3 is 3.12 bits per heavy atom. The van der Waals surface area contributed by atoms with Gasteiger partial charge in [-0.05, 0) is 35.9 Å². The van der Waals surface area contributed by atoms with Gasteiger partial charge in [0.15, 0.2) is 10.9 Å². The van der Waals surface area contributed by atoms with Crippen molar-refractivity contribution in [2.45, 2.75) is 24.1 Å². The van der Waals surface area contributed by atoms with E-state index >= 15 is 0 Å². The van der Waals surface area contributed by atoms with E-state index in [0.29, 0.717) is 23.7 Å². The highest BCUT2D eigenvalue weighted by Gasteiger charge is 2.15. The zero-order chi connectivity index (χ0) is 16.9. The minimum absolute atomic E-state index is 0.0215. The fourth-order valence-electron chi connectivity index (χ4n) is 2.20. The molecule has 9 heteroatoms. The minimum Gasteiger partial charge on any atom is -0.484 e. The van der Waals surface area contributed by atoms with E-state index in [4.69, 9.17) is 4.74 Å². The average Bonchev–Trinajstić information content (AvgIpc) is 3.00. The summed E-state index contributed by atoms with van der Waals surface area (Å²) in [5.74, 6) is 1.24. The van der Waals surface area contributed by atoms with Crippen molar-refractivity contribution < 1.29 is 14.3 Å². The molecule has 0 unspecified atom stereocenters. The number of amides is 2. The molecule has 7 nitrogen and oxygen atoms in total. The van der Waals surface area contributed by atoms with Crippen LogP contribution in [0.2, 0.25) is 0 Å². The number of aromatic nitrogens is 2. The zero-order valence-electron chi connectivity index (χ0n) is 13.0. The van der Waals surface area contributed by atoms with Gasteiger partial charge in [-0.25, -0.2) is 0 Å². The summed E-state index contributed by atoms with van der Waals surface area (Å²) in [4.78, 5) is 23.3. The van der Waals surface area contributed by atoms with Crippen molar-refractivity contribution >= 4 is 45.7 Å². The van der Waals surface area contributed by atoms with Crippen molar-refractivity contribution in [3.63, 3.8) is 0 Å². The topological polar surface area (TPSA) is 93.2 Å². The molecule has 2 amide bonds. The number of hydrogen-bond acceptors (Lipinski definition) is 7. The number of hydrogen-bond donors (Lipinski definition) is 2. The third-order valence-electron chi connectivity index (χ3n) is 3.26. The number of thioether (sulfide) groups is 1. The fourth-order valence-corrected chi connectivity index (χ4v) is 3.86. The van der Waals surface area contributed by atoms with Crippen LogP contribution < -0.4 is 15.4 Å². The molecule has 24 heavy (non-hydrogen) atoms. The fraction of sp³-hybridized carbons (Fsp3) is 0.333. The summed E-state index contributed by atoms with van der Waals surface area (Å²) < 4.78 is 6.34. The van der Waals surface area contributed by atoms with Crippen LogP contribution in [0.25, 0.3) is 0 Å². The number of rotatable bonds is 6. The lowest BCUT2D eigenvalue weighted by Gasteiger charge is -2.17. The number of benzene rings is 1. The summed E-state index contributed by atoms with van der Waals surface area (Å²) in [5.41, 5.74) is 1.82. The second kappa shape index (κ2) is 7.63. The lowest BCUT2D eigenvalue weighted by Crippen LogP contribution is -2.21. The normalized spacial score (nSPS) is 13.1. The summed E-state index contributed by atoms with van der Waals surface area (Å²) in [6.45, 7) is 1.92. The molecule has 2 aromatic rings. The van der Waals surface area contributed by atoms with Gasteiger partial charge in [0.05, 0.1) is 0 Å². The first kappa shape index (κ1) is 16.7. The predicted octanol–water partition coefficient (Wildman–Crippen LogP) is 2.55. The largest absolute Gasteiger partial charge is 0.484 e. The molecular formula is C15H16N4O3S2. The predicted molar refractivity (Wildman–Crippen MR) is 93.8 cm³/mol. The van der Waals surface area contributed by atoms with Crippen LogP contribution in [0.4, 0.5) is 10.8 Å². The number of ether oxygens (including phenoxy) is 1. The second-order valence-electron chi connectivity index (χ2n) is 5.01. The van der Waals surface area contributed by atoms with Crippen LogP contribution in [-0.4, -0.2) is 34.4 Å². The highest BCUT2D eigenvalue weighted by molar-refractivity contribution is 8.01. The number of fused-ring (bicyclic) bond motifs is 1. The van der Waals surface area contributed by atoms with E-state index in [0.717, 1.165) is 21.3 Å². The SMILES string of the molecule is CCSc1nnc(NC(=O)COc2ccc3c(c2)CCC(=O)N3)s1. The Bertz CT molecular complexity index is 763. The summed E-state index contributed by atoms with van der Waals surface area (Å²) in [6, 6.07) is 5.38. The Hall–Kier alpha value is -2.13. The van der Waals surface area contributed by atoms with Gasteiger partial charge < -0.3 is 10.1 Å². The van der Waals surface area contributed by atoms with Gasteiger partial charge in [-0.3, -0.25) is 14.9 Å². The van der Waals surface area contributed by atoms with Crippen LogP contribution in [0, 0.1) is 0 Å². The summed E-state index contributed by atoms with van der Waals surface area (Å²) >= 11 is 2.92. The average molecular weight is 364 g/mol. The highest BCUT2D eigenvalue weighted by Crippen LogP contribution is 2.27. The summed E-state index contributed by atoms with van der Waals surface area (Å²) in [5, 5.41) is 13.8. The van der Waals surface area contributed by atoms with Gasteiger partial charge in [-0.2, -0.15) is 0 Å². The number of anilines is 2. The van der Waals surface area contributed by atoms with Crippen molar-refractivity contribution in [3.8, 4) is 5.75 Å². The lowest BCUT2D eigenvalue weighted by atomic mass is 10.0. The molecule has 0 radical (unpaired) electrons. The molecule has 0 saturated heterocycles. The third kappa shape index (κ3) is 4.24. The number of nitrogens with zero attached hydrogens (tertiary/aromatic N) is 2. The van der Waals surface area contributed by atoms with E-state index in [-0.39, 0.29) is 18.4 Å². The molecule has 1 aromatic heterocycles. The molecule has 126 valence electrons. The Balaban J connectivity index is 1.53. The first-order valence-corrected chi connectivity index (χ1v) is 9.26. The van der Waals surface area contributed by atoms with Crippen molar-refractivity contribution in [2.75, 3.05) is 23.0 Å². The highest BCUT2D eigenvalue weighted by atomic mass is 32.2. The number of carbonyl (C=O) groups excluding carboxylic acids is 2. The quantitative estimate of drug-likeness (QED) is 0.604. The van der Waals surface area contributed by atoms with Gasteiger partial charge in [-0.15, -0.1) is 10.2 Å². The van der Waals surface area contributed by atoms with Gasteiger partial charge >= 0.3 is 0 Å². The second-order valence-corrected chi connectivity index (χ2v) is 7.50. The van der Waals surface area contributed by atoms with E-state index < -0.39 is 0 Å². The molecule has 0 spiro atoms. The maximum atomic E-state index is 11.9. The summed E-state index contributed by atoms with van der Waals surface area (Å²) in [6.07, 6.45) is 1.14. The molecular weight excluding hydrogens is 348 g/mol. The molecule has 1 aliphatic rings. The maximum Gasteiger partial charge on any atom is 0.264 e. The van der Waals surface area contributed by atoms with Gasteiger partial charge in [0, 0.05) is 12.1 Å². The van der Waals surface area contributed by atoms with E-state index in [9.17, 15) is 9.59 Å². The number of carbonyl (C=O) groups is 2. The Morgan fingerprint density at radius 2 is 2.29 bits per heavy atom. The Kier molecular flexibility index (Phi) is 5.31. The molecule has 0 aliphatic carbocycles. The van der Waals surface area contributed by atoms with E-state index in [1.54, 1.807) is 23.9 Å². The van der Waals surface area contributed by atoms with Crippen molar-refractivity contribution in [2.24, 2.45) is 0 Å². The van der Waals surface area contributed by atoms with Crippen molar-refractivity contribution in [1.29, 1.82) is 0 Å². The molecule has 2 N–H and O–H groups in total. The van der Waals surface area contributed by atoms with Crippen LogP contribution in [0.1, 0.15) is 18.9 Å². The summed E-state index contributed by atoms with van der Waals surface area (Å²) in [7, 11) is 0. The smallest absolute Gasteiger partial charge is 0.264 e. The molecule has 1 aromatic carbocycles. The molecule has 0 fully saturated rings. The minimum atomic E-state index is -0.287. The maximum absolute atomic E-state index is 11.9. The Labute approximate surface area is 147 Å². The standard InChI is InChI=1S/C15H16N4O3S2/c1-2-23-15-19-18-14(24-15)17-13(21)8-22-10-4-5-11-9(7-10)3-6-12(20)16-11/h4-5,7H,2-3,6,8H2,1H3,(H,16,20)(H,17,18,21). The van der Waals surface area contributed by atoms with E-state index in [2.05, 4.69) is 20.8 Å². The monoisotopic (exact) mass is 364 g/mol. The van der Waals surface area contributed by atoms with Crippen LogP contribution in [0.5, 0.6) is 5.75 Å². The number of nitrogens with one attached hydrogen (secondary N) is 2. The molecule has 0 atom stereocenters. The first-order valence-electron chi connectivity index (χ1n) is 7.46. The van der Waals surface area contributed by atoms with Gasteiger partial charge in [0.25, 0.3) is 5.91 Å². The number of aryl methyl sites for hydroxylation is 1. The molecule has 0 bridgehead atoms. The van der Waals surface area contributed by atoms with Crippen molar-refractivity contribution in [3.05, 3.63) is 23.8 Å². The van der Waals surface area contributed by atoms with Crippen LogP contribution >= 0.6 is 23.1 Å². The van der Waals surface area contributed by atoms with Gasteiger partial charge in [-0.1, -0.05) is 30.0 Å². The van der Waals surface area contributed by atoms with Crippen LogP contribution in [-0.2, 0) is 16.0 Å². The molecule has 0 saturated carbocycles. The van der Waals surface area contributed by atoms with Gasteiger partial charge in [0.1, 0.15) is 5.75 Å². The molecule has 3 rings (SSSR count). The van der Waals surface area contributed by atoms with Gasteiger partial charge in [0.2, 0.25) is 11.0 Å². The van der Waals surface area contributed by atoms with Crippen LogP contribution in [0.15, 0.2) is 22.5 Å². The molecule has 1 aliphatic heterocycles. The molecule has 2 heterocycles. The lowest BCUT2D eigenvalue weighted by molar-refractivity contribution is -0.118. The van der Waals surface area contributed by atoms with Crippen LogP contribution in [0.3, 0.4) is 0 Å². The van der Waals surface area contributed by atoms with E-state index in [1.165, 1.54) is 11.3 Å². The van der Waals surface area contributed by atoms with E-state index in [1.807, 2.05) is 13.0 Å². The first-order chi connectivity index (χ1) is 11.6. The Morgan fingerprint density at radius 1 is 1.42 bits per heavy atom. The zero-order valence-corrected chi connectivity index (χ0v) is 14.6.